The number of amides is 1. The minimum Gasteiger partial charge on any atom is -0.495 e. The Morgan fingerprint density at radius 1 is 1.08 bits per heavy atom. The van der Waals surface area contributed by atoms with Gasteiger partial charge in [0, 0.05) is 13.0 Å². The number of nitrogens with one attached hydrogen (secondary N) is 2. The molecule has 1 amide bonds. The summed E-state index contributed by atoms with van der Waals surface area (Å²) in [6.45, 7) is 1.38. The number of rotatable bonds is 5. The Bertz CT molecular complexity index is 793. The average molecular weight is 378 g/mol. The molecule has 5 rings (SSSR count). The van der Waals surface area contributed by atoms with E-state index in [1.807, 2.05) is 0 Å². The fourth-order valence-electron chi connectivity index (χ4n) is 5.51. The van der Waals surface area contributed by atoms with Gasteiger partial charge in [-0.3, -0.25) is 4.79 Å². The largest absolute Gasteiger partial charge is 0.495 e. The Labute approximate surface area is 154 Å². The van der Waals surface area contributed by atoms with Crippen LogP contribution in [0.5, 0.6) is 5.75 Å². The van der Waals surface area contributed by atoms with Crippen LogP contribution in [0.25, 0.3) is 0 Å². The predicted molar refractivity (Wildman–Crippen MR) is 98.5 cm³/mol. The second kappa shape index (κ2) is 6.53. The molecule has 0 heterocycles. The number of carbonyl (C=O) groups excluding carboxylic acids is 1. The molecule has 0 atom stereocenters. The van der Waals surface area contributed by atoms with Crippen molar-refractivity contribution in [2.75, 3.05) is 12.4 Å². The lowest BCUT2D eigenvalue weighted by molar-refractivity contribution is -0.114. The lowest BCUT2D eigenvalue weighted by Crippen LogP contribution is -2.55. The first-order valence-electron chi connectivity index (χ1n) is 9.33. The van der Waals surface area contributed by atoms with E-state index in [4.69, 9.17) is 4.74 Å². The van der Waals surface area contributed by atoms with Crippen molar-refractivity contribution in [1.29, 1.82) is 0 Å². The summed E-state index contributed by atoms with van der Waals surface area (Å²) in [5, 5.41) is 2.64. The zero-order valence-electron chi connectivity index (χ0n) is 15.2. The summed E-state index contributed by atoms with van der Waals surface area (Å²) >= 11 is 0. The van der Waals surface area contributed by atoms with E-state index in [0.29, 0.717) is 23.3 Å². The van der Waals surface area contributed by atoms with Crippen molar-refractivity contribution in [2.45, 2.75) is 50.0 Å². The summed E-state index contributed by atoms with van der Waals surface area (Å²) in [5.74, 6) is 2.69. The van der Waals surface area contributed by atoms with Crippen LogP contribution >= 0.6 is 0 Å². The molecule has 4 aliphatic carbocycles. The highest BCUT2D eigenvalue weighted by Crippen LogP contribution is 2.54. The van der Waals surface area contributed by atoms with E-state index in [0.717, 1.165) is 37.5 Å². The average Bonchev–Trinajstić information content (AvgIpc) is 2.57. The highest BCUT2D eigenvalue weighted by molar-refractivity contribution is 7.89. The van der Waals surface area contributed by atoms with Crippen LogP contribution in [0.3, 0.4) is 0 Å². The molecule has 4 saturated carbocycles. The van der Waals surface area contributed by atoms with E-state index in [2.05, 4.69) is 10.0 Å². The Balaban J connectivity index is 1.58. The first kappa shape index (κ1) is 17.8. The van der Waals surface area contributed by atoms with Gasteiger partial charge in [0.25, 0.3) is 0 Å². The van der Waals surface area contributed by atoms with Crippen LogP contribution in [0.1, 0.15) is 39.0 Å². The second-order valence-electron chi connectivity index (χ2n) is 8.12. The maximum Gasteiger partial charge on any atom is 0.240 e. The zero-order valence-corrected chi connectivity index (χ0v) is 16.0. The normalized spacial score (nSPS) is 32.5. The maximum atomic E-state index is 13.0. The Morgan fingerprint density at radius 3 is 2.23 bits per heavy atom. The fourth-order valence-corrected chi connectivity index (χ4v) is 6.91. The molecule has 1 aromatic carbocycles. The molecule has 4 bridgehead atoms. The smallest absolute Gasteiger partial charge is 0.240 e. The van der Waals surface area contributed by atoms with Crippen molar-refractivity contribution in [3.63, 3.8) is 0 Å². The summed E-state index contributed by atoms with van der Waals surface area (Å²) in [5.41, 5.74) is 0.368. The number of carbonyl (C=O) groups is 1. The molecule has 7 heteroatoms. The van der Waals surface area contributed by atoms with Gasteiger partial charge in [0.1, 0.15) is 5.75 Å². The Hall–Kier alpha value is -1.60. The number of hydrogen-bond acceptors (Lipinski definition) is 4. The molecular formula is C19H26N2O4S. The minimum absolute atomic E-state index is 0.0408. The van der Waals surface area contributed by atoms with Crippen LogP contribution in [0.4, 0.5) is 5.69 Å². The lowest BCUT2D eigenvalue weighted by atomic mass is 9.54. The van der Waals surface area contributed by atoms with E-state index in [1.165, 1.54) is 32.6 Å². The Morgan fingerprint density at radius 2 is 1.69 bits per heavy atom. The van der Waals surface area contributed by atoms with Crippen LogP contribution in [0.2, 0.25) is 0 Å². The molecular weight excluding hydrogens is 352 g/mol. The Kier molecular flexibility index (Phi) is 4.47. The van der Waals surface area contributed by atoms with Gasteiger partial charge in [-0.15, -0.1) is 0 Å². The van der Waals surface area contributed by atoms with E-state index in [9.17, 15) is 13.2 Å². The lowest BCUT2D eigenvalue weighted by Gasteiger charge is -2.54. The summed E-state index contributed by atoms with van der Waals surface area (Å²) in [6.07, 6.45) is 5.95. The quantitative estimate of drug-likeness (QED) is 0.825. The van der Waals surface area contributed by atoms with Gasteiger partial charge < -0.3 is 10.1 Å². The van der Waals surface area contributed by atoms with Crippen molar-refractivity contribution in [1.82, 2.24) is 4.72 Å². The van der Waals surface area contributed by atoms with E-state index < -0.39 is 10.0 Å². The summed E-state index contributed by atoms with van der Waals surface area (Å²) < 4.78 is 34.2. The third-order valence-corrected chi connectivity index (χ3v) is 7.77. The van der Waals surface area contributed by atoms with Crippen molar-refractivity contribution in [2.24, 2.45) is 23.7 Å². The molecule has 0 aliphatic heterocycles. The van der Waals surface area contributed by atoms with Crippen molar-refractivity contribution >= 4 is 21.6 Å². The molecule has 4 fully saturated rings. The van der Waals surface area contributed by atoms with Gasteiger partial charge >= 0.3 is 0 Å². The van der Waals surface area contributed by atoms with Gasteiger partial charge in [-0.25, -0.2) is 13.1 Å². The predicted octanol–water partition coefficient (Wildman–Crippen LogP) is 2.76. The van der Waals surface area contributed by atoms with Crippen LogP contribution in [-0.2, 0) is 14.8 Å². The van der Waals surface area contributed by atoms with Crippen molar-refractivity contribution < 1.29 is 17.9 Å². The molecule has 0 radical (unpaired) electrons. The number of benzene rings is 1. The summed E-state index contributed by atoms with van der Waals surface area (Å²) in [6, 6.07) is 4.62. The van der Waals surface area contributed by atoms with Crippen LogP contribution < -0.4 is 14.8 Å². The molecule has 142 valence electrons. The molecule has 0 unspecified atom stereocenters. The highest BCUT2D eigenvalue weighted by Gasteiger charge is 2.49. The monoisotopic (exact) mass is 378 g/mol. The number of ether oxygens (including phenoxy) is 1. The molecule has 0 spiro atoms. The molecule has 2 N–H and O–H groups in total. The SMILES string of the molecule is COc1ccc(S(=O)(=O)NC2C3CC4CC(C3)CC2C4)cc1NC(C)=O. The summed E-state index contributed by atoms with van der Waals surface area (Å²) in [4.78, 5) is 11.6. The first-order valence-corrected chi connectivity index (χ1v) is 10.8. The van der Waals surface area contributed by atoms with Gasteiger partial charge in [-0.1, -0.05) is 0 Å². The van der Waals surface area contributed by atoms with Gasteiger partial charge in [-0.2, -0.15) is 0 Å². The third-order valence-electron chi connectivity index (χ3n) is 6.31. The number of methoxy groups -OCH3 is 1. The van der Waals surface area contributed by atoms with Crippen LogP contribution in [-0.4, -0.2) is 27.5 Å². The van der Waals surface area contributed by atoms with Gasteiger partial charge in [0.05, 0.1) is 17.7 Å². The number of hydrogen-bond donors (Lipinski definition) is 2. The van der Waals surface area contributed by atoms with E-state index in [-0.39, 0.29) is 16.8 Å². The number of sulfonamides is 1. The van der Waals surface area contributed by atoms with E-state index >= 15 is 0 Å². The molecule has 4 aliphatic rings. The summed E-state index contributed by atoms with van der Waals surface area (Å²) in [7, 11) is -2.16. The van der Waals surface area contributed by atoms with Gasteiger partial charge in [-0.05, 0) is 74.0 Å². The number of anilines is 1. The second-order valence-corrected chi connectivity index (χ2v) is 9.84. The van der Waals surface area contributed by atoms with Crippen molar-refractivity contribution in [3.8, 4) is 5.75 Å². The maximum absolute atomic E-state index is 13.0. The molecule has 0 aromatic heterocycles. The van der Waals surface area contributed by atoms with Crippen molar-refractivity contribution in [3.05, 3.63) is 18.2 Å². The fraction of sp³-hybridized carbons (Fsp3) is 0.632. The highest BCUT2D eigenvalue weighted by atomic mass is 32.2. The third kappa shape index (κ3) is 3.22. The molecule has 26 heavy (non-hydrogen) atoms. The minimum atomic E-state index is -3.64. The molecule has 6 nitrogen and oxygen atoms in total. The van der Waals surface area contributed by atoms with Gasteiger partial charge in [0.2, 0.25) is 15.9 Å². The molecule has 1 aromatic rings. The van der Waals surface area contributed by atoms with E-state index in [1.54, 1.807) is 6.07 Å². The molecule has 0 saturated heterocycles. The zero-order chi connectivity index (χ0) is 18.5. The van der Waals surface area contributed by atoms with Gasteiger partial charge in [0.15, 0.2) is 0 Å². The van der Waals surface area contributed by atoms with Crippen LogP contribution in [0.15, 0.2) is 23.1 Å². The first-order chi connectivity index (χ1) is 12.4. The van der Waals surface area contributed by atoms with Crippen LogP contribution in [0, 0.1) is 23.7 Å². The standard InChI is InChI=1S/C19H26N2O4S/c1-11(22)20-17-10-16(3-4-18(17)25-2)26(23,24)21-19-14-6-12-5-13(8-14)9-15(19)7-12/h3-4,10,12-15,19,21H,5-9H2,1-2H3,(H,20,22). The topological polar surface area (TPSA) is 84.5 Å².